The van der Waals surface area contributed by atoms with Crippen molar-refractivity contribution in [3.05, 3.63) is 35.4 Å². The molecule has 0 amide bonds. The maximum Gasteiger partial charge on any atom is 0.416 e. The maximum absolute atomic E-state index is 12.4. The van der Waals surface area contributed by atoms with Crippen molar-refractivity contribution in [3.63, 3.8) is 0 Å². The summed E-state index contributed by atoms with van der Waals surface area (Å²) in [7, 11) is 1.59. The lowest BCUT2D eigenvalue weighted by molar-refractivity contribution is -0.137. The third kappa shape index (κ3) is 4.75. The van der Waals surface area contributed by atoms with E-state index in [1.165, 1.54) is 6.07 Å². The van der Waals surface area contributed by atoms with Crippen LogP contribution in [0.4, 0.5) is 13.2 Å². The van der Waals surface area contributed by atoms with Gasteiger partial charge in [-0.15, -0.1) is 0 Å². The molecule has 1 aromatic carbocycles. The Hall–Kier alpha value is -1.07. The van der Waals surface area contributed by atoms with Gasteiger partial charge in [0, 0.05) is 19.7 Å². The zero-order chi connectivity index (χ0) is 12.9. The molecule has 0 aliphatic rings. The lowest BCUT2D eigenvalue weighted by atomic mass is 10.1. The standard InChI is InChI=1S/C12H16F3NO/c1-9(8-17-2)16-7-10-4-3-5-11(6-10)12(13,14)15/h3-6,9,16H,7-8H2,1-2H3/t9-/m1/s1. The first-order valence-electron chi connectivity index (χ1n) is 5.32. The van der Waals surface area contributed by atoms with Crippen molar-refractivity contribution in [3.8, 4) is 0 Å². The van der Waals surface area contributed by atoms with Crippen LogP contribution in [-0.4, -0.2) is 19.8 Å². The van der Waals surface area contributed by atoms with Crippen LogP contribution in [0.3, 0.4) is 0 Å². The predicted octanol–water partition coefficient (Wildman–Crippen LogP) is 2.83. The zero-order valence-corrected chi connectivity index (χ0v) is 9.84. The van der Waals surface area contributed by atoms with Crippen LogP contribution in [0.1, 0.15) is 18.1 Å². The molecule has 0 bridgehead atoms. The van der Waals surface area contributed by atoms with Crippen LogP contribution in [0.2, 0.25) is 0 Å². The molecule has 0 spiro atoms. The van der Waals surface area contributed by atoms with Crippen molar-refractivity contribution in [1.29, 1.82) is 0 Å². The fourth-order valence-corrected chi connectivity index (χ4v) is 1.46. The summed E-state index contributed by atoms with van der Waals surface area (Å²) in [4.78, 5) is 0. The Kier molecular flexibility index (Phi) is 4.96. The fourth-order valence-electron chi connectivity index (χ4n) is 1.46. The Balaban J connectivity index is 2.60. The Morgan fingerprint density at radius 1 is 1.35 bits per heavy atom. The third-order valence-corrected chi connectivity index (χ3v) is 2.33. The summed E-state index contributed by atoms with van der Waals surface area (Å²) >= 11 is 0. The van der Waals surface area contributed by atoms with Crippen molar-refractivity contribution in [1.82, 2.24) is 5.32 Å². The van der Waals surface area contributed by atoms with Gasteiger partial charge >= 0.3 is 6.18 Å². The lowest BCUT2D eigenvalue weighted by Crippen LogP contribution is -2.29. The molecule has 0 saturated heterocycles. The molecule has 5 heteroatoms. The number of halogens is 3. The molecule has 0 aliphatic heterocycles. The van der Waals surface area contributed by atoms with E-state index in [0.29, 0.717) is 18.7 Å². The molecule has 0 saturated carbocycles. The summed E-state index contributed by atoms with van der Waals surface area (Å²) in [5.74, 6) is 0. The first kappa shape index (κ1) is 14.0. The number of methoxy groups -OCH3 is 1. The number of hydrogen-bond acceptors (Lipinski definition) is 2. The topological polar surface area (TPSA) is 21.3 Å². The van der Waals surface area contributed by atoms with Gasteiger partial charge in [-0.3, -0.25) is 0 Å². The molecule has 0 unspecified atom stereocenters. The van der Waals surface area contributed by atoms with Crippen LogP contribution in [0, 0.1) is 0 Å². The number of rotatable bonds is 5. The highest BCUT2D eigenvalue weighted by atomic mass is 19.4. The fraction of sp³-hybridized carbons (Fsp3) is 0.500. The summed E-state index contributed by atoms with van der Waals surface area (Å²) < 4.78 is 42.3. The van der Waals surface area contributed by atoms with Crippen molar-refractivity contribution >= 4 is 0 Å². The molecule has 1 rings (SSSR count). The molecule has 0 fully saturated rings. The lowest BCUT2D eigenvalue weighted by Gasteiger charge is -2.13. The molecule has 0 aromatic heterocycles. The molecule has 2 nitrogen and oxygen atoms in total. The smallest absolute Gasteiger partial charge is 0.383 e. The van der Waals surface area contributed by atoms with E-state index in [4.69, 9.17) is 4.74 Å². The summed E-state index contributed by atoms with van der Waals surface area (Å²) in [5.41, 5.74) is -0.000951. The number of benzene rings is 1. The highest BCUT2D eigenvalue weighted by Gasteiger charge is 2.30. The quantitative estimate of drug-likeness (QED) is 0.863. The van der Waals surface area contributed by atoms with Gasteiger partial charge in [0.05, 0.1) is 12.2 Å². The van der Waals surface area contributed by atoms with Crippen LogP contribution in [-0.2, 0) is 17.5 Å². The zero-order valence-electron chi connectivity index (χ0n) is 9.84. The van der Waals surface area contributed by atoms with Gasteiger partial charge in [0.15, 0.2) is 0 Å². The minimum atomic E-state index is -4.28. The molecular weight excluding hydrogens is 231 g/mol. The van der Waals surface area contributed by atoms with Crippen molar-refractivity contribution in [2.75, 3.05) is 13.7 Å². The second-order valence-corrected chi connectivity index (χ2v) is 3.94. The Labute approximate surface area is 98.8 Å². The highest BCUT2D eigenvalue weighted by molar-refractivity contribution is 5.25. The normalized spacial score (nSPS) is 13.7. The molecule has 0 aliphatic carbocycles. The van der Waals surface area contributed by atoms with Crippen LogP contribution in [0.15, 0.2) is 24.3 Å². The van der Waals surface area contributed by atoms with Crippen molar-refractivity contribution in [2.45, 2.75) is 25.7 Å². The van der Waals surface area contributed by atoms with Gasteiger partial charge in [-0.2, -0.15) is 13.2 Å². The number of nitrogens with one attached hydrogen (secondary N) is 1. The average molecular weight is 247 g/mol. The van der Waals surface area contributed by atoms with Gasteiger partial charge in [0.25, 0.3) is 0 Å². The van der Waals surface area contributed by atoms with E-state index >= 15 is 0 Å². The van der Waals surface area contributed by atoms with Crippen LogP contribution in [0.5, 0.6) is 0 Å². The van der Waals surface area contributed by atoms with Crippen LogP contribution in [0.25, 0.3) is 0 Å². The second-order valence-electron chi connectivity index (χ2n) is 3.94. The summed E-state index contributed by atoms with van der Waals surface area (Å²) in [6, 6.07) is 5.42. The van der Waals surface area contributed by atoms with Crippen LogP contribution < -0.4 is 5.32 Å². The van der Waals surface area contributed by atoms with E-state index in [1.54, 1.807) is 13.2 Å². The van der Waals surface area contributed by atoms with Crippen molar-refractivity contribution < 1.29 is 17.9 Å². The van der Waals surface area contributed by atoms with E-state index in [2.05, 4.69) is 5.32 Å². The molecule has 17 heavy (non-hydrogen) atoms. The van der Waals surface area contributed by atoms with Gasteiger partial charge < -0.3 is 10.1 Å². The highest BCUT2D eigenvalue weighted by Crippen LogP contribution is 2.29. The summed E-state index contributed by atoms with van der Waals surface area (Å²) in [5, 5.41) is 3.09. The van der Waals surface area contributed by atoms with E-state index < -0.39 is 11.7 Å². The van der Waals surface area contributed by atoms with Gasteiger partial charge in [0.2, 0.25) is 0 Å². The van der Waals surface area contributed by atoms with E-state index in [0.717, 1.165) is 12.1 Å². The summed E-state index contributed by atoms with van der Waals surface area (Å²) in [6.07, 6.45) is -4.28. The first-order valence-corrected chi connectivity index (χ1v) is 5.32. The minimum Gasteiger partial charge on any atom is -0.383 e. The van der Waals surface area contributed by atoms with E-state index in [-0.39, 0.29) is 6.04 Å². The SMILES string of the molecule is COC[C@@H](C)NCc1cccc(C(F)(F)F)c1. The van der Waals surface area contributed by atoms with Gasteiger partial charge in [-0.1, -0.05) is 18.2 Å². The Morgan fingerprint density at radius 3 is 2.65 bits per heavy atom. The number of ether oxygens (including phenoxy) is 1. The molecule has 96 valence electrons. The van der Waals surface area contributed by atoms with Crippen molar-refractivity contribution in [2.24, 2.45) is 0 Å². The molecule has 0 heterocycles. The van der Waals surface area contributed by atoms with E-state index in [1.807, 2.05) is 6.92 Å². The first-order chi connectivity index (χ1) is 7.93. The van der Waals surface area contributed by atoms with Gasteiger partial charge in [0.1, 0.15) is 0 Å². The van der Waals surface area contributed by atoms with Crippen LogP contribution >= 0.6 is 0 Å². The van der Waals surface area contributed by atoms with Gasteiger partial charge in [-0.05, 0) is 18.6 Å². The largest absolute Gasteiger partial charge is 0.416 e. The van der Waals surface area contributed by atoms with Gasteiger partial charge in [-0.25, -0.2) is 0 Å². The molecule has 1 aromatic rings. The average Bonchev–Trinajstić information content (AvgIpc) is 2.26. The number of hydrogen-bond donors (Lipinski definition) is 1. The number of alkyl halides is 3. The Morgan fingerprint density at radius 2 is 2.06 bits per heavy atom. The monoisotopic (exact) mass is 247 g/mol. The molecular formula is C12H16F3NO. The Bertz CT molecular complexity index is 352. The third-order valence-electron chi connectivity index (χ3n) is 2.33. The maximum atomic E-state index is 12.4. The molecule has 0 radical (unpaired) electrons. The molecule has 1 atom stereocenters. The second kappa shape index (κ2) is 6.02. The summed E-state index contributed by atoms with van der Waals surface area (Å²) in [6.45, 7) is 2.84. The predicted molar refractivity (Wildman–Crippen MR) is 59.6 cm³/mol. The minimum absolute atomic E-state index is 0.106. The molecule has 1 N–H and O–H groups in total. The van der Waals surface area contributed by atoms with E-state index in [9.17, 15) is 13.2 Å².